The van der Waals surface area contributed by atoms with E-state index in [-0.39, 0.29) is 11.7 Å². The Hall–Kier alpha value is -3.32. The first-order chi connectivity index (χ1) is 17.7. The third kappa shape index (κ3) is 6.52. The number of halogens is 4. The Balaban J connectivity index is 1.68. The molecule has 2 heterocycles. The number of piperazine rings is 1. The highest BCUT2D eigenvalue weighted by molar-refractivity contribution is 6.07. The first-order valence-electron chi connectivity index (χ1n) is 12.4. The van der Waals surface area contributed by atoms with Crippen LogP contribution >= 0.6 is 0 Å². The molecular weight excluding hydrogens is 488 g/mol. The predicted molar refractivity (Wildman–Crippen MR) is 135 cm³/mol. The van der Waals surface area contributed by atoms with Gasteiger partial charge in [-0.05, 0) is 38.1 Å². The number of hydrogen-bond donors (Lipinski definition) is 2. The molecule has 2 fully saturated rings. The number of amides is 1. The highest BCUT2D eigenvalue weighted by Gasteiger charge is 2.36. The first kappa shape index (κ1) is 26.7. The number of benzene rings is 1. The molecule has 37 heavy (non-hydrogen) atoms. The Morgan fingerprint density at radius 1 is 1.16 bits per heavy atom. The lowest BCUT2D eigenvalue weighted by Crippen LogP contribution is -2.52. The maximum Gasteiger partial charge on any atom is 0.417 e. The maximum absolute atomic E-state index is 13.6. The number of rotatable bonds is 4. The van der Waals surface area contributed by atoms with E-state index in [1.807, 2.05) is 22.9 Å². The molecule has 1 amide bonds. The molecule has 1 atom stereocenters. The Bertz CT molecular complexity index is 1240. The highest BCUT2D eigenvalue weighted by atomic mass is 19.4. The Morgan fingerprint density at radius 2 is 1.92 bits per heavy atom. The molecule has 1 aliphatic heterocycles. The van der Waals surface area contributed by atoms with Crippen molar-refractivity contribution in [1.29, 1.82) is 0 Å². The van der Waals surface area contributed by atoms with Gasteiger partial charge in [-0.25, -0.2) is 4.39 Å². The quantitative estimate of drug-likeness (QED) is 0.456. The maximum atomic E-state index is 13.6. The number of carbonyl (C=O) groups excluding carboxylic acids is 1. The van der Waals surface area contributed by atoms with Gasteiger partial charge in [-0.15, -0.1) is 0 Å². The second-order valence-electron chi connectivity index (χ2n) is 9.65. The summed E-state index contributed by atoms with van der Waals surface area (Å²) in [5.41, 5.74) is -1.50. The minimum absolute atomic E-state index is 0.280. The van der Waals surface area contributed by atoms with E-state index < -0.39 is 35.4 Å². The fraction of sp³-hybridized carbons (Fsp3) is 0.481. The number of H-pyrrole nitrogens is 1. The normalized spacial score (nSPS) is 19.3. The van der Waals surface area contributed by atoms with Crippen LogP contribution in [0.15, 0.2) is 35.3 Å². The second-order valence-corrected chi connectivity index (χ2v) is 9.65. The zero-order chi connectivity index (χ0) is 26.6. The van der Waals surface area contributed by atoms with E-state index in [1.165, 1.54) is 6.42 Å². The molecule has 0 spiro atoms. The van der Waals surface area contributed by atoms with Crippen molar-refractivity contribution in [3.63, 3.8) is 0 Å². The average molecular weight is 519 g/mol. The molecule has 1 aliphatic carbocycles. The lowest BCUT2D eigenvalue weighted by molar-refractivity contribution is -0.138. The third-order valence-electron chi connectivity index (χ3n) is 7.04. The number of nitrogens with one attached hydrogen (secondary N) is 2. The number of likely N-dealkylation sites (N-methyl/N-ethyl adjacent to an activating group) is 1. The van der Waals surface area contributed by atoms with Crippen LogP contribution in [-0.2, 0) is 6.18 Å². The monoisotopic (exact) mass is 518 g/mol. The summed E-state index contributed by atoms with van der Waals surface area (Å²) in [4.78, 5) is 30.6. The summed E-state index contributed by atoms with van der Waals surface area (Å²) in [5, 5.41) is 2.60. The van der Waals surface area contributed by atoms with E-state index >= 15 is 0 Å². The van der Waals surface area contributed by atoms with Crippen molar-refractivity contribution in [2.75, 3.05) is 43.6 Å². The largest absolute Gasteiger partial charge is 0.417 e. The van der Waals surface area contributed by atoms with Crippen molar-refractivity contribution in [1.82, 2.24) is 9.88 Å². The van der Waals surface area contributed by atoms with Gasteiger partial charge in [0.1, 0.15) is 6.67 Å². The van der Waals surface area contributed by atoms with E-state index in [4.69, 9.17) is 0 Å². The summed E-state index contributed by atoms with van der Waals surface area (Å²) < 4.78 is 54.3. The molecule has 10 heteroatoms. The number of anilines is 2. The SMILES string of the molecule is CN1CCN(c2ccc(C#CC3CCCCC3)cc2NC(=O)c2c[nH]c(=O)cc2C(F)(F)F)C[C@@H]1CF. The molecule has 0 bridgehead atoms. The van der Waals surface area contributed by atoms with Gasteiger partial charge in [0.15, 0.2) is 0 Å². The van der Waals surface area contributed by atoms with Gasteiger partial charge in [0.25, 0.3) is 5.91 Å². The van der Waals surface area contributed by atoms with E-state index in [0.29, 0.717) is 42.9 Å². The van der Waals surface area contributed by atoms with Gasteiger partial charge < -0.3 is 15.2 Å². The fourth-order valence-electron chi connectivity index (χ4n) is 4.84. The van der Waals surface area contributed by atoms with E-state index in [9.17, 15) is 27.2 Å². The van der Waals surface area contributed by atoms with Crippen LogP contribution in [0.4, 0.5) is 28.9 Å². The molecule has 1 saturated heterocycles. The van der Waals surface area contributed by atoms with Gasteiger partial charge in [0, 0.05) is 43.4 Å². The summed E-state index contributed by atoms with van der Waals surface area (Å²) in [6, 6.07) is 5.24. The van der Waals surface area contributed by atoms with Crippen LogP contribution in [0.3, 0.4) is 0 Å². The van der Waals surface area contributed by atoms with Crippen molar-refractivity contribution >= 4 is 17.3 Å². The summed E-state index contributed by atoms with van der Waals surface area (Å²) in [5.74, 6) is 5.72. The van der Waals surface area contributed by atoms with Crippen LogP contribution in [0.25, 0.3) is 0 Å². The number of hydrogen-bond acceptors (Lipinski definition) is 4. The van der Waals surface area contributed by atoms with Crippen molar-refractivity contribution < 1.29 is 22.4 Å². The number of nitrogens with zero attached hydrogens (tertiary/aromatic N) is 2. The van der Waals surface area contributed by atoms with Gasteiger partial charge in [-0.3, -0.25) is 14.5 Å². The topological polar surface area (TPSA) is 68.4 Å². The molecule has 198 valence electrons. The number of alkyl halides is 4. The van der Waals surface area contributed by atoms with E-state index in [0.717, 1.165) is 31.9 Å². The average Bonchev–Trinajstić information content (AvgIpc) is 2.88. The fourth-order valence-corrected chi connectivity index (χ4v) is 4.84. The summed E-state index contributed by atoms with van der Waals surface area (Å²) in [7, 11) is 1.84. The molecule has 1 aromatic carbocycles. The smallest absolute Gasteiger partial charge is 0.367 e. The molecule has 2 aliphatic rings. The van der Waals surface area contributed by atoms with Crippen molar-refractivity contribution in [2.24, 2.45) is 5.92 Å². The Labute approximate surface area is 213 Å². The summed E-state index contributed by atoms with van der Waals surface area (Å²) in [6.45, 7) is 0.945. The van der Waals surface area contributed by atoms with Crippen molar-refractivity contribution in [3.8, 4) is 11.8 Å². The molecule has 6 nitrogen and oxygen atoms in total. The molecule has 2 aromatic rings. The zero-order valence-electron chi connectivity index (χ0n) is 20.6. The van der Waals surface area contributed by atoms with Gasteiger partial charge in [-0.2, -0.15) is 13.2 Å². The van der Waals surface area contributed by atoms with Crippen LogP contribution in [-0.4, -0.2) is 55.2 Å². The van der Waals surface area contributed by atoms with Crippen LogP contribution < -0.4 is 15.8 Å². The lowest BCUT2D eigenvalue weighted by atomic mass is 9.89. The Kier molecular flexibility index (Phi) is 8.22. The Morgan fingerprint density at radius 3 is 2.62 bits per heavy atom. The third-order valence-corrected chi connectivity index (χ3v) is 7.04. The molecule has 0 unspecified atom stereocenters. The summed E-state index contributed by atoms with van der Waals surface area (Å²) >= 11 is 0. The molecule has 0 radical (unpaired) electrons. The van der Waals surface area contributed by atoms with Crippen molar-refractivity contribution in [3.05, 3.63) is 57.5 Å². The minimum Gasteiger partial charge on any atom is -0.367 e. The first-order valence-corrected chi connectivity index (χ1v) is 12.4. The van der Waals surface area contributed by atoms with E-state index in [2.05, 4.69) is 22.1 Å². The van der Waals surface area contributed by atoms with Crippen LogP contribution in [0.1, 0.15) is 53.6 Å². The number of carbonyl (C=O) groups is 1. The van der Waals surface area contributed by atoms with Crippen molar-refractivity contribution in [2.45, 2.75) is 44.3 Å². The molecule has 1 aromatic heterocycles. The predicted octanol–water partition coefficient (Wildman–Crippen LogP) is 4.67. The minimum atomic E-state index is -4.89. The lowest BCUT2D eigenvalue weighted by Gasteiger charge is -2.40. The molecule has 2 N–H and O–H groups in total. The van der Waals surface area contributed by atoms with Crippen LogP contribution in [0, 0.1) is 17.8 Å². The van der Waals surface area contributed by atoms with Crippen LogP contribution in [0.2, 0.25) is 0 Å². The second kappa shape index (κ2) is 11.4. The summed E-state index contributed by atoms with van der Waals surface area (Å²) in [6.07, 6.45) is 1.43. The highest BCUT2D eigenvalue weighted by Crippen LogP contribution is 2.33. The van der Waals surface area contributed by atoms with Crippen LogP contribution in [0.5, 0.6) is 0 Å². The standard InChI is InChI=1S/C27H30F4N4O2/c1-34-11-12-35(17-20(34)15-28)24-10-9-19(8-7-18-5-3-2-4-6-18)13-23(24)33-26(37)21-16-32-25(36)14-22(21)27(29,30)31/h9-10,13-14,16,18,20H,2-6,11-12,15,17H2,1H3,(H,32,36)(H,33,37)/t20-/m0/s1. The zero-order valence-corrected chi connectivity index (χ0v) is 20.6. The van der Waals surface area contributed by atoms with Gasteiger partial charge in [-0.1, -0.05) is 31.1 Å². The number of aromatic amines is 1. The molecule has 1 saturated carbocycles. The number of aromatic nitrogens is 1. The van der Waals surface area contributed by atoms with Gasteiger partial charge >= 0.3 is 6.18 Å². The van der Waals surface area contributed by atoms with Gasteiger partial charge in [0.2, 0.25) is 5.56 Å². The van der Waals surface area contributed by atoms with Gasteiger partial charge in [0.05, 0.1) is 28.5 Å². The van der Waals surface area contributed by atoms with E-state index in [1.54, 1.807) is 12.1 Å². The molecule has 4 rings (SSSR count). The molecular formula is C27H30F4N4O2. The number of pyridine rings is 1.